The van der Waals surface area contributed by atoms with E-state index in [9.17, 15) is 9.18 Å². The van der Waals surface area contributed by atoms with E-state index in [1.54, 1.807) is 12.1 Å². The van der Waals surface area contributed by atoms with Crippen molar-refractivity contribution in [3.8, 4) is 0 Å². The third-order valence-corrected chi connectivity index (χ3v) is 3.27. The van der Waals surface area contributed by atoms with Crippen molar-refractivity contribution in [1.82, 2.24) is 5.32 Å². The van der Waals surface area contributed by atoms with Gasteiger partial charge in [0.05, 0.1) is 6.04 Å². The van der Waals surface area contributed by atoms with Crippen LogP contribution < -0.4 is 11.1 Å². The van der Waals surface area contributed by atoms with Crippen LogP contribution in [0, 0.1) is 11.2 Å². The number of nitrogens with two attached hydrogens (primary N) is 1. The van der Waals surface area contributed by atoms with Crippen LogP contribution >= 0.6 is 0 Å². The lowest BCUT2D eigenvalue weighted by atomic mass is 9.85. The van der Waals surface area contributed by atoms with E-state index in [1.807, 2.05) is 27.7 Å². The van der Waals surface area contributed by atoms with Crippen LogP contribution in [0.4, 0.5) is 4.39 Å². The molecule has 0 saturated heterocycles. The van der Waals surface area contributed by atoms with E-state index >= 15 is 0 Å². The summed E-state index contributed by atoms with van der Waals surface area (Å²) in [5, 5.41) is 2.88. The second-order valence-electron chi connectivity index (χ2n) is 6.02. The summed E-state index contributed by atoms with van der Waals surface area (Å²) in [5.41, 5.74) is 6.75. The van der Waals surface area contributed by atoms with Crippen molar-refractivity contribution >= 4 is 5.91 Å². The zero-order chi connectivity index (χ0) is 14.6. The van der Waals surface area contributed by atoms with Crippen molar-refractivity contribution in [2.75, 3.05) is 0 Å². The number of nitrogens with one attached hydrogen (secondary N) is 1. The normalized spacial score (nSPS) is 14.8. The minimum atomic E-state index is -0.281. The third-order valence-electron chi connectivity index (χ3n) is 3.27. The fraction of sp³-hybridized carbons (Fsp3) is 0.533. The average molecular weight is 266 g/mol. The van der Waals surface area contributed by atoms with Crippen molar-refractivity contribution in [3.63, 3.8) is 0 Å². The molecule has 3 nitrogen and oxygen atoms in total. The lowest BCUT2D eigenvalue weighted by Crippen LogP contribution is -2.40. The first-order valence-corrected chi connectivity index (χ1v) is 6.50. The monoisotopic (exact) mass is 266 g/mol. The van der Waals surface area contributed by atoms with Gasteiger partial charge in [-0.3, -0.25) is 4.79 Å². The van der Waals surface area contributed by atoms with Gasteiger partial charge >= 0.3 is 0 Å². The molecule has 106 valence electrons. The maximum absolute atomic E-state index is 12.8. The van der Waals surface area contributed by atoms with Crippen LogP contribution in [0.15, 0.2) is 24.3 Å². The maximum Gasteiger partial charge on any atom is 0.222 e. The van der Waals surface area contributed by atoms with Crippen LogP contribution in [0.5, 0.6) is 0 Å². The highest BCUT2D eigenvalue weighted by atomic mass is 19.1. The molecule has 1 amide bonds. The highest BCUT2D eigenvalue weighted by Crippen LogP contribution is 2.20. The Morgan fingerprint density at radius 2 is 1.84 bits per heavy atom. The predicted octanol–water partition coefficient (Wildman–Crippen LogP) is 2.77. The fourth-order valence-corrected chi connectivity index (χ4v) is 1.64. The summed E-state index contributed by atoms with van der Waals surface area (Å²) in [6.07, 6.45) is 0.287. The fourth-order valence-electron chi connectivity index (χ4n) is 1.64. The quantitative estimate of drug-likeness (QED) is 0.880. The van der Waals surface area contributed by atoms with E-state index < -0.39 is 0 Å². The van der Waals surface area contributed by atoms with Gasteiger partial charge in [-0.2, -0.15) is 0 Å². The molecule has 2 atom stereocenters. The van der Waals surface area contributed by atoms with E-state index in [2.05, 4.69) is 5.32 Å². The molecule has 0 fully saturated rings. The zero-order valence-electron chi connectivity index (χ0n) is 12.0. The second-order valence-corrected chi connectivity index (χ2v) is 6.02. The van der Waals surface area contributed by atoms with E-state index in [4.69, 9.17) is 5.73 Å². The molecule has 1 aromatic carbocycles. The SMILES string of the molecule is CC(NC(=O)CC(N)C(C)(C)C)c1ccc(F)cc1. The summed E-state index contributed by atoms with van der Waals surface area (Å²) in [7, 11) is 0. The molecule has 1 aromatic rings. The molecule has 0 saturated carbocycles. The Morgan fingerprint density at radius 1 is 1.32 bits per heavy atom. The summed E-state index contributed by atoms with van der Waals surface area (Å²) >= 11 is 0. The topological polar surface area (TPSA) is 55.1 Å². The van der Waals surface area contributed by atoms with Crippen LogP contribution in [0.25, 0.3) is 0 Å². The van der Waals surface area contributed by atoms with E-state index in [0.29, 0.717) is 0 Å². The number of amides is 1. The number of hydrogen-bond acceptors (Lipinski definition) is 2. The van der Waals surface area contributed by atoms with Gasteiger partial charge in [-0.15, -0.1) is 0 Å². The molecule has 0 aromatic heterocycles. The van der Waals surface area contributed by atoms with E-state index in [1.165, 1.54) is 12.1 Å². The van der Waals surface area contributed by atoms with Gasteiger partial charge in [0.1, 0.15) is 5.82 Å². The molecule has 2 unspecified atom stereocenters. The number of carbonyl (C=O) groups is 1. The Hall–Kier alpha value is -1.42. The van der Waals surface area contributed by atoms with Gasteiger partial charge in [-0.25, -0.2) is 4.39 Å². The molecule has 19 heavy (non-hydrogen) atoms. The first kappa shape index (κ1) is 15.6. The largest absolute Gasteiger partial charge is 0.350 e. The Balaban J connectivity index is 2.55. The Kier molecular flexibility index (Phi) is 5.06. The second kappa shape index (κ2) is 6.15. The molecule has 0 heterocycles. The zero-order valence-corrected chi connectivity index (χ0v) is 12.0. The van der Waals surface area contributed by atoms with E-state index in [-0.39, 0.29) is 35.6 Å². The summed E-state index contributed by atoms with van der Waals surface area (Å²) in [4.78, 5) is 11.9. The van der Waals surface area contributed by atoms with Gasteiger partial charge in [-0.1, -0.05) is 32.9 Å². The van der Waals surface area contributed by atoms with Gasteiger partial charge in [0.25, 0.3) is 0 Å². The summed E-state index contributed by atoms with van der Waals surface area (Å²) in [6, 6.07) is 5.78. The first-order valence-electron chi connectivity index (χ1n) is 6.50. The molecule has 0 aliphatic rings. The minimum Gasteiger partial charge on any atom is -0.350 e. The molecular weight excluding hydrogens is 243 g/mol. The van der Waals surface area contributed by atoms with Crippen molar-refractivity contribution in [2.24, 2.45) is 11.1 Å². The highest BCUT2D eigenvalue weighted by molar-refractivity contribution is 5.77. The average Bonchev–Trinajstić information content (AvgIpc) is 2.28. The van der Waals surface area contributed by atoms with Crippen molar-refractivity contribution in [1.29, 1.82) is 0 Å². The van der Waals surface area contributed by atoms with Crippen molar-refractivity contribution < 1.29 is 9.18 Å². The summed E-state index contributed by atoms with van der Waals surface area (Å²) < 4.78 is 12.8. The summed E-state index contributed by atoms with van der Waals surface area (Å²) in [5.74, 6) is -0.365. The smallest absolute Gasteiger partial charge is 0.222 e. The molecule has 0 aliphatic carbocycles. The van der Waals surface area contributed by atoms with Crippen LogP contribution in [0.3, 0.4) is 0 Å². The van der Waals surface area contributed by atoms with Crippen LogP contribution in [0.1, 0.15) is 45.7 Å². The number of halogens is 1. The highest BCUT2D eigenvalue weighted by Gasteiger charge is 2.23. The van der Waals surface area contributed by atoms with Crippen molar-refractivity contribution in [2.45, 2.75) is 46.2 Å². The van der Waals surface area contributed by atoms with Gasteiger partial charge in [0.15, 0.2) is 0 Å². The Bertz CT molecular complexity index is 423. The minimum absolute atomic E-state index is 0.0840. The number of benzene rings is 1. The Labute approximate surface area is 114 Å². The molecule has 0 radical (unpaired) electrons. The van der Waals surface area contributed by atoms with Crippen LogP contribution in [0.2, 0.25) is 0 Å². The molecule has 4 heteroatoms. The first-order chi connectivity index (χ1) is 8.70. The van der Waals surface area contributed by atoms with E-state index in [0.717, 1.165) is 5.56 Å². The van der Waals surface area contributed by atoms with Gasteiger partial charge < -0.3 is 11.1 Å². The molecular formula is C15H23FN2O. The molecule has 0 aliphatic heterocycles. The van der Waals surface area contributed by atoms with Gasteiger partial charge in [-0.05, 0) is 30.0 Å². The predicted molar refractivity (Wildman–Crippen MR) is 75.0 cm³/mol. The molecule has 0 bridgehead atoms. The Morgan fingerprint density at radius 3 is 2.32 bits per heavy atom. The molecule has 1 rings (SSSR count). The third kappa shape index (κ3) is 4.99. The standard InChI is InChI=1S/C15H23FN2O/c1-10(11-5-7-12(16)8-6-11)18-14(19)9-13(17)15(2,3)4/h5-8,10,13H,9,17H2,1-4H3,(H,18,19). The summed E-state index contributed by atoms with van der Waals surface area (Å²) in [6.45, 7) is 7.89. The number of hydrogen-bond donors (Lipinski definition) is 2. The van der Waals surface area contributed by atoms with Crippen molar-refractivity contribution in [3.05, 3.63) is 35.6 Å². The lowest BCUT2D eigenvalue weighted by Gasteiger charge is -2.27. The lowest BCUT2D eigenvalue weighted by molar-refractivity contribution is -0.122. The maximum atomic E-state index is 12.8. The number of carbonyl (C=O) groups excluding carboxylic acids is 1. The molecule has 3 N–H and O–H groups in total. The molecule has 0 spiro atoms. The van der Waals surface area contributed by atoms with Gasteiger partial charge in [0, 0.05) is 12.5 Å². The van der Waals surface area contributed by atoms with Crippen LogP contribution in [-0.2, 0) is 4.79 Å². The van der Waals surface area contributed by atoms with Crippen LogP contribution in [-0.4, -0.2) is 11.9 Å². The number of rotatable bonds is 4. The van der Waals surface area contributed by atoms with Gasteiger partial charge in [0.2, 0.25) is 5.91 Å².